The van der Waals surface area contributed by atoms with E-state index in [4.69, 9.17) is 15.0 Å². The summed E-state index contributed by atoms with van der Waals surface area (Å²) in [6.07, 6.45) is 6.94. The van der Waals surface area contributed by atoms with Gasteiger partial charge in [0, 0.05) is 33.2 Å². The lowest BCUT2D eigenvalue weighted by Gasteiger charge is -2.28. The molecule has 0 aliphatic heterocycles. The van der Waals surface area contributed by atoms with Gasteiger partial charge in [-0.3, -0.25) is 4.57 Å². The number of fused-ring (bicyclic) bond motifs is 6. The van der Waals surface area contributed by atoms with Crippen molar-refractivity contribution in [1.29, 1.82) is 0 Å². The van der Waals surface area contributed by atoms with Crippen molar-refractivity contribution in [1.82, 2.24) is 19.5 Å². The number of hydrogen-bond acceptors (Lipinski definition) is 3. The van der Waals surface area contributed by atoms with Crippen LogP contribution < -0.4 is 0 Å². The molecule has 0 N–H and O–H groups in total. The molecule has 9 rings (SSSR count). The maximum Gasteiger partial charge on any atom is 0.238 e. The molecule has 2 heterocycles. The molecule has 47 heavy (non-hydrogen) atoms. The number of rotatable bonds is 4. The van der Waals surface area contributed by atoms with Gasteiger partial charge in [-0.05, 0) is 52.4 Å². The van der Waals surface area contributed by atoms with Gasteiger partial charge in [0.15, 0.2) is 11.6 Å². The molecule has 2 aromatic heterocycles. The van der Waals surface area contributed by atoms with E-state index in [9.17, 15) is 0 Å². The lowest BCUT2D eigenvalue weighted by atomic mass is 9.76. The van der Waals surface area contributed by atoms with Gasteiger partial charge in [-0.1, -0.05) is 142 Å². The second-order valence-corrected chi connectivity index (χ2v) is 13.4. The quantitative estimate of drug-likeness (QED) is 0.200. The summed E-state index contributed by atoms with van der Waals surface area (Å²) in [5, 5.41) is 2.42. The van der Waals surface area contributed by atoms with Gasteiger partial charge in [0.1, 0.15) is 0 Å². The van der Waals surface area contributed by atoms with Crippen LogP contribution in [0.3, 0.4) is 0 Å². The van der Waals surface area contributed by atoms with Gasteiger partial charge >= 0.3 is 0 Å². The molecule has 0 radical (unpaired) electrons. The Morgan fingerprint density at radius 2 is 1.19 bits per heavy atom. The summed E-state index contributed by atoms with van der Waals surface area (Å²) in [5.41, 5.74) is 10.7. The van der Waals surface area contributed by atoms with Crippen molar-refractivity contribution < 1.29 is 0 Å². The third-order valence-electron chi connectivity index (χ3n) is 10.2. The molecule has 0 fully saturated rings. The highest BCUT2D eigenvalue weighted by molar-refractivity contribution is 6.11. The van der Waals surface area contributed by atoms with Crippen LogP contribution in [0.5, 0.6) is 0 Å². The molecule has 226 valence electrons. The highest BCUT2D eigenvalue weighted by Gasteiger charge is 2.44. The summed E-state index contributed by atoms with van der Waals surface area (Å²) in [7, 11) is 0. The van der Waals surface area contributed by atoms with Crippen molar-refractivity contribution in [2.45, 2.75) is 32.1 Å². The maximum atomic E-state index is 5.19. The first kappa shape index (κ1) is 27.7. The Bertz CT molecular complexity index is 2320. The van der Waals surface area contributed by atoms with Crippen molar-refractivity contribution in [3.8, 4) is 39.9 Å². The van der Waals surface area contributed by atoms with E-state index >= 15 is 0 Å². The minimum Gasteiger partial charge on any atom is -0.278 e. The Hall–Kier alpha value is -5.61. The van der Waals surface area contributed by atoms with Crippen molar-refractivity contribution >= 4 is 21.8 Å². The number of allylic oxidation sites excluding steroid dienone is 4. The first-order valence-corrected chi connectivity index (χ1v) is 16.4. The third-order valence-corrected chi connectivity index (χ3v) is 10.2. The average molecular weight is 607 g/mol. The third kappa shape index (κ3) is 4.32. The van der Waals surface area contributed by atoms with Crippen LogP contribution in [0, 0.1) is 5.92 Å². The summed E-state index contributed by atoms with van der Waals surface area (Å²) >= 11 is 0. The van der Waals surface area contributed by atoms with Crippen LogP contribution in [0.15, 0.2) is 145 Å². The minimum absolute atomic E-state index is 0.0901. The molecule has 0 saturated carbocycles. The van der Waals surface area contributed by atoms with E-state index in [2.05, 4.69) is 128 Å². The Kier molecular flexibility index (Phi) is 6.16. The van der Waals surface area contributed by atoms with Gasteiger partial charge in [0.05, 0.1) is 11.0 Å². The smallest absolute Gasteiger partial charge is 0.238 e. The van der Waals surface area contributed by atoms with Crippen LogP contribution in [-0.4, -0.2) is 19.5 Å². The molecule has 0 bridgehead atoms. The van der Waals surface area contributed by atoms with E-state index in [-0.39, 0.29) is 5.41 Å². The molecule has 2 aliphatic rings. The van der Waals surface area contributed by atoms with E-state index in [0.29, 0.717) is 29.4 Å². The van der Waals surface area contributed by atoms with Crippen molar-refractivity contribution in [3.63, 3.8) is 0 Å². The Morgan fingerprint density at radius 1 is 0.596 bits per heavy atom. The molecule has 0 saturated heterocycles. The van der Waals surface area contributed by atoms with Crippen molar-refractivity contribution in [2.75, 3.05) is 0 Å². The summed E-state index contributed by atoms with van der Waals surface area (Å²) in [4.78, 5) is 15.4. The molecule has 2 unspecified atom stereocenters. The van der Waals surface area contributed by atoms with Crippen LogP contribution in [0.25, 0.3) is 61.7 Å². The minimum atomic E-state index is -0.0901. The van der Waals surface area contributed by atoms with Crippen LogP contribution in [-0.2, 0) is 5.41 Å². The Morgan fingerprint density at radius 3 is 1.83 bits per heavy atom. The van der Waals surface area contributed by atoms with Gasteiger partial charge in [-0.15, -0.1) is 0 Å². The van der Waals surface area contributed by atoms with E-state index < -0.39 is 0 Å². The van der Waals surface area contributed by atoms with E-state index in [1.165, 1.54) is 38.6 Å². The molecule has 7 aromatic rings. The van der Waals surface area contributed by atoms with Gasteiger partial charge in [-0.25, -0.2) is 4.98 Å². The summed E-state index contributed by atoms with van der Waals surface area (Å²) in [5.74, 6) is 2.74. The molecule has 0 spiro atoms. The SMILES string of the molecule is CC1C=CC=C2C1c1cc3c4cc(-c5ccccc5)ccc4n(-c4nc(-c5ccccc5)nc(-c5ccccc5)n4)c3cc1C2(C)C. The van der Waals surface area contributed by atoms with Crippen LogP contribution in [0.4, 0.5) is 0 Å². The highest BCUT2D eigenvalue weighted by Crippen LogP contribution is 2.56. The van der Waals surface area contributed by atoms with Crippen molar-refractivity contribution in [2.24, 2.45) is 5.92 Å². The zero-order chi connectivity index (χ0) is 31.7. The molecular weight excluding hydrogens is 573 g/mol. The molecule has 4 heteroatoms. The lowest BCUT2D eigenvalue weighted by Crippen LogP contribution is -2.19. The first-order chi connectivity index (χ1) is 23.0. The number of benzene rings is 5. The van der Waals surface area contributed by atoms with Gasteiger partial charge in [0.2, 0.25) is 5.95 Å². The normalized spacial score (nSPS) is 17.9. The number of nitrogens with zero attached hydrogens (tertiary/aromatic N) is 4. The van der Waals surface area contributed by atoms with Gasteiger partial charge in [0.25, 0.3) is 0 Å². The highest BCUT2D eigenvalue weighted by atomic mass is 15.2. The average Bonchev–Trinajstić information content (AvgIpc) is 3.56. The van der Waals surface area contributed by atoms with Gasteiger partial charge < -0.3 is 0 Å². The molecule has 4 nitrogen and oxygen atoms in total. The molecule has 5 aromatic carbocycles. The summed E-state index contributed by atoms with van der Waals surface area (Å²) < 4.78 is 2.26. The molecular formula is C43H34N4. The zero-order valence-corrected chi connectivity index (χ0v) is 26.7. The Balaban J connectivity index is 1.37. The molecule has 0 amide bonds. The zero-order valence-electron chi connectivity index (χ0n) is 26.7. The number of aromatic nitrogens is 4. The van der Waals surface area contributed by atoms with E-state index in [1.807, 2.05) is 36.4 Å². The monoisotopic (exact) mass is 606 g/mol. The second kappa shape index (κ2) is 10.5. The predicted octanol–water partition coefficient (Wildman–Crippen LogP) is 10.5. The fourth-order valence-corrected chi connectivity index (χ4v) is 7.84. The maximum absolute atomic E-state index is 5.19. The second-order valence-electron chi connectivity index (χ2n) is 13.4. The summed E-state index contributed by atoms with van der Waals surface area (Å²) in [6.45, 7) is 7.10. The fourth-order valence-electron chi connectivity index (χ4n) is 7.84. The molecule has 2 atom stereocenters. The Labute approximate surface area is 274 Å². The summed E-state index contributed by atoms with van der Waals surface area (Å²) in [6, 6.07) is 42.7. The van der Waals surface area contributed by atoms with Gasteiger partial charge in [-0.2, -0.15) is 9.97 Å². The fraction of sp³-hybridized carbons (Fsp3) is 0.140. The van der Waals surface area contributed by atoms with Crippen LogP contribution in [0.1, 0.15) is 37.8 Å². The topological polar surface area (TPSA) is 43.6 Å². The van der Waals surface area contributed by atoms with E-state index in [0.717, 1.165) is 22.2 Å². The van der Waals surface area contributed by atoms with Crippen LogP contribution >= 0.6 is 0 Å². The first-order valence-electron chi connectivity index (χ1n) is 16.4. The standard InChI is InChI=1S/C43H34N4/c1-27-14-13-21-35-39(27)34-25-33-32-24-31(28-15-7-4-8-16-28)22-23-37(32)47(38(33)26-36(34)43(35,2)3)42-45-40(29-17-9-5-10-18-29)44-41(46-42)30-19-11-6-12-20-30/h4-27,39H,1-3H3. The largest absolute Gasteiger partial charge is 0.278 e. The van der Waals surface area contributed by atoms with Crippen LogP contribution in [0.2, 0.25) is 0 Å². The van der Waals surface area contributed by atoms with E-state index in [1.54, 1.807) is 0 Å². The van der Waals surface area contributed by atoms with Crippen molar-refractivity contribution in [3.05, 3.63) is 156 Å². The number of hydrogen-bond donors (Lipinski definition) is 0. The predicted molar refractivity (Wildman–Crippen MR) is 193 cm³/mol. The lowest BCUT2D eigenvalue weighted by molar-refractivity contribution is 0.551. The molecule has 2 aliphatic carbocycles.